The zero-order chi connectivity index (χ0) is 17.4. The van der Waals surface area contributed by atoms with Crippen LogP contribution in [0.15, 0.2) is 4.90 Å². The lowest BCUT2D eigenvalue weighted by molar-refractivity contribution is -0.157. The first-order valence-electron chi connectivity index (χ1n) is 7.10. The molecule has 0 unspecified atom stereocenters. The van der Waals surface area contributed by atoms with E-state index in [0.29, 0.717) is 0 Å². The maximum atomic E-state index is 14.2. The molecule has 1 N–H and O–H groups in total. The molecule has 0 atom stereocenters. The number of nitrogens with one attached hydrogen (secondary N) is 1. The van der Waals surface area contributed by atoms with E-state index in [0.717, 1.165) is 0 Å². The van der Waals surface area contributed by atoms with Gasteiger partial charge in [-0.15, -0.1) is 0 Å². The molecule has 130 valence electrons. The van der Waals surface area contributed by atoms with Gasteiger partial charge < -0.3 is 4.74 Å². The van der Waals surface area contributed by atoms with Gasteiger partial charge in [0, 0.05) is 26.2 Å². The van der Waals surface area contributed by atoms with Crippen molar-refractivity contribution in [1.82, 2.24) is 14.5 Å². The molecule has 0 radical (unpaired) electrons. The van der Waals surface area contributed by atoms with Crippen molar-refractivity contribution in [2.24, 2.45) is 13.0 Å². The van der Waals surface area contributed by atoms with Gasteiger partial charge in [-0.1, -0.05) is 0 Å². The number of rotatable bonds is 4. The second-order valence-corrected chi connectivity index (χ2v) is 7.19. The third-order valence-electron chi connectivity index (χ3n) is 3.98. The Hall–Kier alpha value is -1.55. The predicted molar refractivity (Wildman–Crippen MR) is 76.5 cm³/mol. The van der Waals surface area contributed by atoms with Gasteiger partial charge in [0.25, 0.3) is 10.0 Å². The van der Waals surface area contributed by atoms with Gasteiger partial charge >= 0.3 is 11.8 Å². The molecule has 2 rings (SSSR count). The third kappa shape index (κ3) is 3.37. The van der Waals surface area contributed by atoms with Crippen LogP contribution in [0.4, 0.5) is 8.78 Å². The van der Waals surface area contributed by atoms with E-state index in [1.54, 1.807) is 0 Å². The number of aryl methyl sites for hydroxylation is 2. The fourth-order valence-electron chi connectivity index (χ4n) is 2.63. The number of carbonyl (C=O) groups excluding carboxylic acids is 1. The fraction of sp³-hybridized carbons (Fsp3) is 0.692. The Balaban J connectivity index is 2.24. The second-order valence-electron chi connectivity index (χ2n) is 5.57. The topological polar surface area (TPSA) is 90.3 Å². The summed E-state index contributed by atoms with van der Waals surface area (Å²) in [5.41, 5.74) is 0.400. The van der Waals surface area contributed by atoms with E-state index in [1.165, 1.54) is 30.3 Å². The highest BCUT2D eigenvalue weighted by atomic mass is 32.2. The standard InChI is InChI=1S/C13H19F2N3O4S/c1-8-11(9(2)18(3)16-8)23(20,21)17-12(19)13(14,15)10-4-6-22-7-5-10/h10H,4-7H2,1-3H3,(H,17,19). The van der Waals surface area contributed by atoms with Gasteiger partial charge in [0.2, 0.25) is 0 Å². The second kappa shape index (κ2) is 6.16. The van der Waals surface area contributed by atoms with E-state index in [4.69, 9.17) is 4.74 Å². The summed E-state index contributed by atoms with van der Waals surface area (Å²) in [6.45, 7) is 3.17. The molecule has 0 aromatic carbocycles. The molecule has 23 heavy (non-hydrogen) atoms. The van der Waals surface area contributed by atoms with Crippen molar-refractivity contribution in [2.45, 2.75) is 37.5 Å². The van der Waals surface area contributed by atoms with Gasteiger partial charge in [-0.2, -0.15) is 13.9 Å². The van der Waals surface area contributed by atoms with Crippen molar-refractivity contribution in [3.05, 3.63) is 11.4 Å². The molecule has 1 amide bonds. The van der Waals surface area contributed by atoms with Crippen molar-refractivity contribution in [2.75, 3.05) is 13.2 Å². The number of nitrogens with zero attached hydrogens (tertiary/aromatic N) is 2. The highest BCUT2D eigenvalue weighted by Crippen LogP contribution is 2.33. The lowest BCUT2D eigenvalue weighted by atomic mass is 9.92. The van der Waals surface area contributed by atoms with Crippen LogP contribution in [0.3, 0.4) is 0 Å². The Labute approximate surface area is 133 Å². The number of carbonyl (C=O) groups is 1. The number of hydrogen-bond acceptors (Lipinski definition) is 5. The highest BCUT2D eigenvalue weighted by Gasteiger charge is 2.49. The van der Waals surface area contributed by atoms with E-state index in [2.05, 4.69) is 5.10 Å². The van der Waals surface area contributed by atoms with E-state index in [-0.39, 0.29) is 42.3 Å². The Morgan fingerprint density at radius 3 is 2.39 bits per heavy atom. The van der Waals surface area contributed by atoms with Crippen molar-refractivity contribution in [3.63, 3.8) is 0 Å². The number of halogens is 2. The van der Waals surface area contributed by atoms with Gasteiger partial charge in [-0.05, 0) is 26.7 Å². The van der Waals surface area contributed by atoms with Gasteiger partial charge in [-0.3, -0.25) is 9.48 Å². The zero-order valence-corrected chi connectivity index (χ0v) is 13.9. The molecule has 1 aromatic rings. The van der Waals surface area contributed by atoms with Crippen molar-refractivity contribution < 1.29 is 26.7 Å². The number of alkyl halides is 2. The number of amides is 1. The smallest absolute Gasteiger partial charge is 0.328 e. The minimum Gasteiger partial charge on any atom is -0.381 e. The molecule has 0 bridgehead atoms. The minimum absolute atomic E-state index is 0.00537. The van der Waals surface area contributed by atoms with Crippen LogP contribution in [0.2, 0.25) is 0 Å². The summed E-state index contributed by atoms with van der Waals surface area (Å²) in [6.07, 6.45) is 0.0107. The minimum atomic E-state index is -4.42. The zero-order valence-electron chi connectivity index (χ0n) is 13.1. The molecule has 10 heteroatoms. The first kappa shape index (κ1) is 17.8. The average Bonchev–Trinajstić information content (AvgIpc) is 2.73. The predicted octanol–water partition coefficient (Wildman–Crippen LogP) is 0.904. The van der Waals surface area contributed by atoms with Gasteiger partial charge in [0.1, 0.15) is 4.90 Å². The molecule has 1 fully saturated rings. The van der Waals surface area contributed by atoms with Gasteiger partial charge in [0.05, 0.1) is 11.4 Å². The first-order valence-corrected chi connectivity index (χ1v) is 8.58. The van der Waals surface area contributed by atoms with Crippen LogP contribution in [0.1, 0.15) is 24.2 Å². The van der Waals surface area contributed by atoms with Crippen LogP contribution in [-0.4, -0.2) is 43.2 Å². The van der Waals surface area contributed by atoms with Crippen LogP contribution in [0.25, 0.3) is 0 Å². The van der Waals surface area contributed by atoms with Gasteiger partial charge in [0.15, 0.2) is 0 Å². The summed E-state index contributed by atoms with van der Waals surface area (Å²) in [7, 11) is -2.89. The van der Waals surface area contributed by atoms with Crippen LogP contribution in [0, 0.1) is 19.8 Å². The number of ether oxygens (including phenoxy) is 1. The van der Waals surface area contributed by atoms with E-state index >= 15 is 0 Å². The summed E-state index contributed by atoms with van der Waals surface area (Å²) in [5, 5.41) is 3.92. The maximum absolute atomic E-state index is 14.2. The number of aromatic nitrogens is 2. The monoisotopic (exact) mass is 351 g/mol. The molecule has 1 aliphatic heterocycles. The van der Waals surface area contributed by atoms with Gasteiger partial charge in [-0.25, -0.2) is 13.1 Å². The Morgan fingerprint density at radius 2 is 1.91 bits per heavy atom. The van der Waals surface area contributed by atoms with E-state index < -0.39 is 27.8 Å². The summed E-state index contributed by atoms with van der Waals surface area (Å²) >= 11 is 0. The number of hydrogen-bond donors (Lipinski definition) is 1. The van der Waals surface area contributed by atoms with Crippen molar-refractivity contribution >= 4 is 15.9 Å². The van der Waals surface area contributed by atoms with Crippen LogP contribution >= 0.6 is 0 Å². The summed E-state index contributed by atoms with van der Waals surface area (Å²) in [6, 6.07) is 0. The summed E-state index contributed by atoms with van der Waals surface area (Å²) < 4.78 is 60.8. The average molecular weight is 351 g/mol. The van der Waals surface area contributed by atoms with Crippen molar-refractivity contribution in [3.8, 4) is 0 Å². The molecule has 0 spiro atoms. The van der Waals surface area contributed by atoms with Crippen LogP contribution in [-0.2, 0) is 26.6 Å². The first-order chi connectivity index (χ1) is 10.6. The lowest BCUT2D eigenvalue weighted by Gasteiger charge is -2.28. The normalized spacial score (nSPS) is 17.3. The molecular weight excluding hydrogens is 332 g/mol. The third-order valence-corrected chi connectivity index (χ3v) is 5.56. The van der Waals surface area contributed by atoms with Crippen LogP contribution in [0.5, 0.6) is 0 Å². The Morgan fingerprint density at radius 1 is 1.35 bits per heavy atom. The number of sulfonamides is 1. The molecule has 2 heterocycles. The molecule has 1 aliphatic rings. The SMILES string of the molecule is Cc1nn(C)c(C)c1S(=O)(=O)NC(=O)C(F)(F)C1CCOCC1. The highest BCUT2D eigenvalue weighted by molar-refractivity contribution is 7.90. The molecule has 1 aromatic heterocycles. The largest absolute Gasteiger partial charge is 0.381 e. The molecule has 1 saturated heterocycles. The molecule has 0 saturated carbocycles. The summed E-state index contributed by atoms with van der Waals surface area (Å²) in [4.78, 5) is 11.6. The maximum Gasteiger partial charge on any atom is 0.328 e. The van der Waals surface area contributed by atoms with Crippen LogP contribution < -0.4 is 4.72 Å². The fourth-order valence-corrected chi connectivity index (χ4v) is 4.06. The molecule has 7 nitrogen and oxygen atoms in total. The molecule has 0 aliphatic carbocycles. The van der Waals surface area contributed by atoms with E-state index in [1.807, 2.05) is 0 Å². The quantitative estimate of drug-likeness (QED) is 0.871. The Bertz CT molecular complexity index is 709. The Kier molecular flexibility index (Phi) is 4.76. The van der Waals surface area contributed by atoms with Crippen molar-refractivity contribution in [1.29, 1.82) is 0 Å². The van der Waals surface area contributed by atoms with E-state index in [9.17, 15) is 22.0 Å². The summed E-state index contributed by atoms with van der Waals surface area (Å²) in [5.74, 6) is -6.82. The molecular formula is C13H19F2N3O4S. The lowest BCUT2D eigenvalue weighted by Crippen LogP contribution is -2.49.